The first-order valence-electron chi connectivity index (χ1n) is 5.78. The standard InChI is InChI=1S/C12H15BrN4S/c1-2-4-9(10-5-3-6-18-10)16-11-8(13)7-15-12(14)17-11/h3,5-7,9H,2,4H2,1H3,(H3,14,15,16,17). The fourth-order valence-electron chi connectivity index (χ4n) is 1.71. The van der Waals surface area contributed by atoms with Crippen molar-refractivity contribution >= 4 is 39.0 Å². The second kappa shape index (κ2) is 6.15. The first-order valence-corrected chi connectivity index (χ1v) is 7.46. The SMILES string of the molecule is CCCC(Nc1nc(N)ncc1Br)c1cccs1. The Kier molecular flexibility index (Phi) is 4.54. The summed E-state index contributed by atoms with van der Waals surface area (Å²) in [5, 5.41) is 5.51. The highest BCUT2D eigenvalue weighted by Gasteiger charge is 2.14. The Morgan fingerprint density at radius 2 is 2.39 bits per heavy atom. The maximum Gasteiger partial charge on any atom is 0.221 e. The summed E-state index contributed by atoms with van der Waals surface area (Å²) in [7, 11) is 0. The maximum absolute atomic E-state index is 5.62. The lowest BCUT2D eigenvalue weighted by molar-refractivity contribution is 0.684. The number of nitrogens with two attached hydrogens (primary N) is 1. The molecular formula is C12H15BrN4S. The van der Waals surface area contributed by atoms with Crippen molar-refractivity contribution in [3.8, 4) is 0 Å². The van der Waals surface area contributed by atoms with E-state index in [-0.39, 0.29) is 12.0 Å². The largest absolute Gasteiger partial charge is 0.368 e. The molecule has 0 aromatic carbocycles. The van der Waals surface area contributed by atoms with E-state index in [1.54, 1.807) is 17.5 Å². The van der Waals surface area contributed by atoms with Gasteiger partial charge in [-0.15, -0.1) is 11.3 Å². The Labute approximate surface area is 119 Å². The Balaban J connectivity index is 2.21. The monoisotopic (exact) mass is 326 g/mol. The van der Waals surface area contributed by atoms with Gasteiger partial charge in [-0.3, -0.25) is 0 Å². The molecule has 18 heavy (non-hydrogen) atoms. The molecule has 4 nitrogen and oxygen atoms in total. The van der Waals surface area contributed by atoms with Gasteiger partial charge in [0.25, 0.3) is 0 Å². The van der Waals surface area contributed by atoms with Crippen LogP contribution in [0.1, 0.15) is 30.7 Å². The molecule has 2 rings (SSSR count). The molecule has 3 N–H and O–H groups in total. The van der Waals surface area contributed by atoms with Crippen molar-refractivity contribution in [2.45, 2.75) is 25.8 Å². The maximum atomic E-state index is 5.62. The van der Waals surface area contributed by atoms with Crippen LogP contribution in [0.15, 0.2) is 28.2 Å². The fourth-order valence-corrected chi connectivity index (χ4v) is 2.83. The highest BCUT2D eigenvalue weighted by Crippen LogP contribution is 2.29. The number of nitrogens with one attached hydrogen (secondary N) is 1. The predicted molar refractivity (Wildman–Crippen MR) is 79.7 cm³/mol. The highest BCUT2D eigenvalue weighted by atomic mass is 79.9. The van der Waals surface area contributed by atoms with Gasteiger partial charge in [0.1, 0.15) is 5.82 Å². The number of nitrogens with zero attached hydrogens (tertiary/aromatic N) is 2. The van der Waals surface area contributed by atoms with E-state index in [1.165, 1.54) is 4.88 Å². The van der Waals surface area contributed by atoms with Crippen molar-refractivity contribution in [1.29, 1.82) is 0 Å². The summed E-state index contributed by atoms with van der Waals surface area (Å²) < 4.78 is 0.828. The van der Waals surface area contributed by atoms with E-state index in [4.69, 9.17) is 5.73 Å². The molecule has 0 bridgehead atoms. The minimum absolute atomic E-state index is 0.264. The number of thiophene rings is 1. The van der Waals surface area contributed by atoms with Crippen LogP contribution in [0.3, 0.4) is 0 Å². The van der Waals surface area contributed by atoms with Crippen LogP contribution in [-0.2, 0) is 0 Å². The third-order valence-corrected chi connectivity index (χ3v) is 4.10. The number of anilines is 2. The van der Waals surface area contributed by atoms with Crippen molar-refractivity contribution in [2.24, 2.45) is 0 Å². The molecular weight excluding hydrogens is 312 g/mol. The average molecular weight is 327 g/mol. The minimum Gasteiger partial charge on any atom is -0.368 e. The number of nitrogen functional groups attached to an aromatic ring is 1. The molecule has 2 aromatic heterocycles. The van der Waals surface area contributed by atoms with Gasteiger partial charge < -0.3 is 11.1 Å². The van der Waals surface area contributed by atoms with Gasteiger partial charge in [-0.05, 0) is 33.8 Å². The quantitative estimate of drug-likeness (QED) is 0.876. The molecule has 96 valence electrons. The Bertz CT molecular complexity index is 501. The number of halogens is 1. The molecule has 0 aliphatic heterocycles. The summed E-state index contributed by atoms with van der Waals surface area (Å²) in [6.45, 7) is 2.17. The lowest BCUT2D eigenvalue weighted by Crippen LogP contribution is -2.12. The molecule has 1 atom stereocenters. The fraction of sp³-hybridized carbons (Fsp3) is 0.333. The van der Waals surface area contributed by atoms with Gasteiger partial charge >= 0.3 is 0 Å². The number of rotatable bonds is 5. The summed E-state index contributed by atoms with van der Waals surface area (Å²) in [5.41, 5.74) is 5.62. The second-order valence-corrected chi connectivity index (χ2v) is 5.76. The van der Waals surface area contributed by atoms with Gasteiger partial charge in [0, 0.05) is 11.1 Å². The molecule has 0 radical (unpaired) electrons. The van der Waals surface area contributed by atoms with Crippen LogP contribution in [0.4, 0.5) is 11.8 Å². The summed E-state index contributed by atoms with van der Waals surface area (Å²) in [4.78, 5) is 9.46. The van der Waals surface area contributed by atoms with E-state index in [0.29, 0.717) is 0 Å². The number of hydrogen-bond donors (Lipinski definition) is 2. The second-order valence-electron chi connectivity index (χ2n) is 3.93. The molecule has 0 fully saturated rings. The van der Waals surface area contributed by atoms with Crippen molar-refractivity contribution in [3.63, 3.8) is 0 Å². The minimum atomic E-state index is 0.264. The lowest BCUT2D eigenvalue weighted by atomic mass is 10.1. The van der Waals surface area contributed by atoms with Crippen LogP contribution in [0.5, 0.6) is 0 Å². The molecule has 6 heteroatoms. The molecule has 2 aromatic rings. The Morgan fingerprint density at radius 1 is 1.56 bits per heavy atom. The Hall–Kier alpha value is -1.14. The first-order chi connectivity index (χ1) is 8.70. The van der Waals surface area contributed by atoms with E-state index >= 15 is 0 Å². The molecule has 1 unspecified atom stereocenters. The van der Waals surface area contributed by atoms with Crippen molar-refractivity contribution in [1.82, 2.24) is 9.97 Å². The Morgan fingerprint density at radius 3 is 3.06 bits per heavy atom. The van der Waals surface area contributed by atoms with Gasteiger partial charge in [-0.25, -0.2) is 4.98 Å². The third kappa shape index (κ3) is 3.20. The van der Waals surface area contributed by atoms with E-state index in [0.717, 1.165) is 23.1 Å². The van der Waals surface area contributed by atoms with E-state index in [1.807, 2.05) is 0 Å². The van der Waals surface area contributed by atoms with Crippen LogP contribution in [0.2, 0.25) is 0 Å². The zero-order valence-electron chi connectivity index (χ0n) is 10.1. The van der Waals surface area contributed by atoms with Crippen molar-refractivity contribution < 1.29 is 0 Å². The predicted octanol–water partition coefficient (Wildman–Crippen LogP) is 3.84. The summed E-state index contributed by atoms with van der Waals surface area (Å²) in [5.74, 6) is 1.02. The molecule has 0 aliphatic rings. The zero-order chi connectivity index (χ0) is 13.0. The van der Waals surface area contributed by atoms with E-state index in [9.17, 15) is 0 Å². The van der Waals surface area contributed by atoms with Gasteiger partial charge in [0.15, 0.2) is 0 Å². The topological polar surface area (TPSA) is 63.8 Å². The van der Waals surface area contributed by atoms with Crippen LogP contribution in [0.25, 0.3) is 0 Å². The lowest BCUT2D eigenvalue weighted by Gasteiger charge is -2.18. The van der Waals surface area contributed by atoms with Gasteiger partial charge in [-0.1, -0.05) is 19.4 Å². The molecule has 0 saturated carbocycles. The van der Waals surface area contributed by atoms with Crippen molar-refractivity contribution in [2.75, 3.05) is 11.1 Å². The third-order valence-electron chi connectivity index (χ3n) is 2.54. The number of hydrogen-bond acceptors (Lipinski definition) is 5. The van der Waals surface area contributed by atoms with Crippen LogP contribution < -0.4 is 11.1 Å². The first kappa shape index (κ1) is 13.3. The van der Waals surface area contributed by atoms with Crippen molar-refractivity contribution in [3.05, 3.63) is 33.1 Å². The average Bonchev–Trinajstić information content (AvgIpc) is 2.87. The normalized spacial score (nSPS) is 12.3. The van der Waals surface area contributed by atoms with Gasteiger partial charge in [0.05, 0.1) is 10.5 Å². The zero-order valence-corrected chi connectivity index (χ0v) is 12.5. The van der Waals surface area contributed by atoms with E-state index in [2.05, 4.69) is 55.7 Å². The number of aromatic nitrogens is 2. The van der Waals surface area contributed by atoms with Crippen LogP contribution in [0, 0.1) is 0 Å². The molecule has 0 saturated heterocycles. The summed E-state index contributed by atoms with van der Waals surface area (Å²) >= 11 is 5.18. The highest BCUT2D eigenvalue weighted by molar-refractivity contribution is 9.10. The smallest absolute Gasteiger partial charge is 0.221 e. The molecule has 0 spiro atoms. The molecule has 0 amide bonds. The van der Waals surface area contributed by atoms with Crippen LogP contribution in [-0.4, -0.2) is 9.97 Å². The summed E-state index contributed by atoms with van der Waals surface area (Å²) in [6, 6.07) is 4.46. The molecule has 2 heterocycles. The van der Waals surface area contributed by atoms with Gasteiger partial charge in [-0.2, -0.15) is 4.98 Å². The van der Waals surface area contributed by atoms with Gasteiger partial charge in [0.2, 0.25) is 5.95 Å². The van der Waals surface area contributed by atoms with E-state index < -0.39 is 0 Å². The van der Waals surface area contributed by atoms with Crippen LogP contribution >= 0.6 is 27.3 Å². The summed E-state index contributed by atoms with van der Waals surface area (Å²) in [6.07, 6.45) is 3.83. The molecule has 0 aliphatic carbocycles.